The first-order chi connectivity index (χ1) is 6.61. The number of rotatable bonds is 2. The van der Waals surface area contributed by atoms with Gasteiger partial charge >= 0.3 is 0 Å². The molecule has 5 heteroatoms. The lowest BCUT2D eigenvalue weighted by Crippen LogP contribution is -2.09. The van der Waals surface area contributed by atoms with Gasteiger partial charge in [0, 0.05) is 0 Å². The van der Waals surface area contributed by atoms with Crippen molar-refractivity contribution in [2.45, 2.75) is 6.04 Å². The lowest BCUT2D eigenvalue weighted by atomic mass is 10.1. The average Bonchev–Trinajstić information content (AvgIpc) is 2.20. The zero-order valence-corrected chi connectivity index (χ0v) is 8.25. The first-order valence-corrected chi connectivity index (χ1v) is 4.20. The number of nitrogens with two attached hydrogens (primary N) is 1. The van der Waals surface area contributed by atoms with Crippen LogP contribution in [0.25, 0.3) is 0 Å². The number of hydrogen-bond acceptors (Lipinski definition) is 4. The molecule has 0 unspecified atom stereocenters. The van der Waals surface area contributed by atoms with E-state index in [0.717, 1.165) is 0 Å². The van der Waals surface area contributed by atoms with Gasteiger partial charge in [0.05, 0.1) is 23.8 Å². The van der Waals surface area contributed by atoms with Crippen LogP contribution in [0.2, 0.25) is 5.02 Å². The van der Waals surface area contributed by atoms with E-state index >= 15 is 0 Å². The highest BCUT2D eigenvalue weighted by Gasteiger charge is 2.18. The quantitative estimate of drug-likeness (QED) is 0.780. The van der Waals surface area contributed by atoms with Crippen LogP contribution < -0.4 is 10.5 Å². The Morgan fingerprint density at radius 1 is 1.64 bits per heavy atom. The van der Waals surface area contributed by atoms with Gasteiger partial charge in [-0.15, -0.1) is 0 Å². The molecule has 0 fully saturated rings. The molecule has 1 rings (SSSR count). The Hall–Kier alpha value is -1.44. The first-order valence-electron chi connectivity index (χ1n) is 3.82. The molecule has 0 aliphatic rings. The molecule has 1 atom stereocenters. The van der Waals surface area contributed by atoms with Gasteiger partial charge in [-0.3, -0.25) is 0 Å². The van der Waals surface area contributed by atoms with E-state index in [2.05, 4.69) is 0 Å². The molecule has 0 saturated heterocycles. The Balaban J connectivity index is 3.37. The molecule has 0 heterocycles. The number of aromatic hydroxyl groups is 1. The number of phenolic OH excluding ortho intramolecular Hbond substituents is 1. The summed E-state index contributed by atoms with van der Waals surface area (Å²) in [6.45, 7) is 0. The third-order valence-electron chi connectivity index (χ3n) is 1.80. The maximum absolute atomic E-state index is 9.57. The molecule has 3 N–H and O–H groups in total. The Morgan fingerprint density at radius 2 is 2.29 bits per heavy atom. The maximum atomic E-state index is 9.57. The summed E-state index contributed by atoms with van der Waals surface area (Å²) in [6, 6.07) is 3.87. The Labute approximate surface area is 86.5 Å². The molecular weight excluding hydrogens is 204 g/mol. The summed E-state index contributed by atoms with van der Waals surface area (Å²) in [5.41, 5.74) is 5.69. The summed E-state index contributed by atoms with van der Waals surface area (Å²) >= 11 is 5.67. The number of nitriles is 1. The lowest BCUT2D eigenvalue weighted by Gasteiger charge is -2.12. The van der Waals surface area contributed by atoms with Gasteiger partial charge in [-0.25, -0.2) is 0 Å². The van der Waals surface area contributed by atoms with Crippen molar-refractivity contribution in [3.63, 3.8) is 0 Å². The van der Waals surface area contributed by atoms with Crippen molar-refractivity contribution in [1.29, 1.82) is 5.26 Å². The van der Waals surface area contributed by atoms with Crippen LogP contribution in [-0.4, -0.2) is 12.2 Å². The molecule has 1 aromatic rings. The van der Waals surface area contributed by atoms with Crippen LogP contribution in [0.5, 0.6) is 11.5 Å². The van der Waals surface area contributed by atoms with Crippen LogP contribution in [0.4, 0.5) is 0 Å². The highest BCUT2D eigenvalue weighted by Crippen LogP contribution is 2.37. The zero-order valence-electron chi connectivity index (χ0n) is 7.49. The highest BCUT2D eigenvalue weighted by molar-refractivity contribution is 6.32. The van der Waals surface area contributed by atoms with E-state index in [9.17, 15) is 5.11 Å². The van der Waals surface area contributed by atoms with Crippen LogP contribution in [-0.2, 0) is 0 Å². The van der Waals surface area contributed by atoms with E-state index in [1.165, 1.54) is 13.2 Å². The highest BCUT2D eigenvalue weighted by atomic mass is 35.5. The minimum absolute atomic E-state index is 0.145. The SMILES string of the molecule is COc1ccc(Cl)c(O)c1[C@H](N)C#N. The summed E-state index contributed by atoms with van der Waals surface area (Å²) in [6.07, 6.45) is 0. The average molecular weight is 213 g/mol. The van der Waals surface area contributed by atoms with Crippen molar-refractivity contribution in [3.8, 4) is 17.6 Å². The van der Waals surface area contributed by atoms with Crippen molar-refractivity contribution in [3.05, 3.63) is 22.7 Å². The molecule has 0 aliphatic heterocycles. The topological polar surface area (TPSA) is 79.3 Å². The molecule has 0 spiro atoms. The van der Waals surface area contributed by atoms with Gasteiger partial charge in [0.25, 0.3) is 0 Å². The predicted octanol–water partition coefficient (Wildman–Crippen LogP) is 1.58. The second-order valence-corrected chi connectivity index (χ2v) is 3.03. The Morgan fingerprint density at radius 3 is 2.79 bits per heavy atom. The second kappa shape index (κ2) is 4.18. The van der Waals surface area contributed by atoms with E-state index in [1.807, 2.05) is 0 Å². The van der Waals surface area contributed by atoms with E-state index in [-0.39, 0.29) is 16.3 Å². The number of benzene rings is 1. The van der Waals surface area contributed by atoms with Crippen LogP contribution in [0.3, 0.4) is 0 Å². The number of hydrogen-bond donors (Lipinski definition) is 2. The second-order valence-electron chi connectivity index (χ2n) is 2.62. The minimum Gasteiger partial charge on any atom is -0.506 e. The zero-order chi connectivity index (χ0) is 10.7. The van der Waals surface area contributed by atoms with Crippen LogP contribution >= 0.6 is 11.6 Å². The van der Waals surface area contributed by atoms with Gasteiger partial charge < -0.3 is 15.6 Å². The number of nitrogens with zero attached hydrogens (tertiary/aromatic N) is 1. The van der Waals surface area contributed by atoms with Gasteiger partial charge in [0.2, 0.25) is 0 Å². The Bertz CT molecular complexity index is 387. The smallest absolute Gasteiger partial charge is 0.143 e. The first kappa shape index (κ1) is 10.6. The third-order valence-corrected chi connectivity index (χ3v) is 2.10. The van der Waals surface area contributed by atoms with Crippen molar-refractivity contribution >= 4 is 11.6 Å². The van der Waals surface area contributed by atoms with Crippen LogP contribution in [0.1, 0.15) is 11.6 Å². The normalized spacial score (nSPS) is 11.9. The molecule has 4 nitrogen and oxygen atoms in total. The summed E-state index contributed by atoms with van der Waals surface area (Å²) in [5, 5.41) is 18.4. The third kappa shape index (κ3) is 1.74. The fourth-order valence-electron chi connectivity index (χ4n) is 1.11. The summed E-state index contributed by atoms with van der Waals surface area (Å²) in [5.74, 6) is 0.140. The summed E-state index contributed by atoms with van der Waals surface area (Å²) < 4.78 is 4.95. The Kier molecular flexibility index (Phi) is 3.18. The molecular formula is C9H9ClN2O2. The predicted molar refractivity (Wildman–Crippen MR) is 52.2 cm³/mol. The van der Waals surface area contributed by atoms with E-state index in [0.29, 0.717) is 5.75 Å². The molecule has 74 valence electrons. The molecule has 0 saturated carbocycles. The van der Waals surface area contributed by atoms with Crippen molar-refractivity contribution in [2.75, 3.05) is 7.11 Å². The number of halogens is 1. The summed E-state index contributed by atoms with van der Waals surface area (Å²) in [4.78, 5) is 0. The number of methoxy groups -OCH3 is 1. The van der Waals surface area contributed by atoms with Gasteiger partial charge in [-0.05, 0) is 12.1 Å². The van der Waals surface area contributed by atoms with Crippen molar-refractivity contribution < 1.29 is 9.84 Å². The maximum Gasteiger partial charge on any atom is 0.143 e. The van der Waals surface area contributed by atoms with Crippen LogP contribution in [0.15, 0.2) is 12.1 Å². The van der Waals surface area contributed by atoms with Gasteiger partial charge in [-0.2, -0.15) is 5.26 Å². The number of phenols is 1. The minimum atomic E-state index is -0.955. The van der Waals surface area contributed by atoms with E-state index in [1.54, 1.807) is 12.1 Å². The fraction of sp³-hybridized carbons (Fsp3) is 0.222. The van der Waals surface area contributed by atoms with Crippen molar-refractivity contribution in [2.24, 2.45) is 5.73 Å². The molecule has 0 bridgehead atoms. The fourth-order valence-corrected chi connectivity index (χ4v) is 1.27. The molecule has 0 aliphatic carbocycles. The monoisotopic (exact) mass is 212 g/mol. The van der Waals surface area contributed by atoms with E-state index < -0.39 is 6.04 Å². The van der Waals surface area contributed by atoms with Gasteiger partial charge in [0.1, 0.15) is 17.5 Å². The standard InChI is InChI=1S/C9H9ClN2O2/c1-14-7-3-2-5(10)9(13)8(7)6(12)4-11/h2-3,6,13H,12H2,1H3/t6-/m1/s1. The van der Waals surface area contributed by atoms with E-state index in [4.69, 9.17) is 27.3 Å². The lowest BCUT2D eigenvalue weighted by molar-refractivity contribution is 0.398. The van der Waals surface area contributed by atoms with Crippen LogP contribution in [0, 0.1) is 11.3 Å². The largest absolute Gasteiger partial charge is 0.506 e. The molecule has 14 heavy (non-hydrogen) atoms. The number of ether oxygens (including phenoxy) is 1. The summed E-state index contributed by atoms with van der Waals surface area (Å²) in [7, 11) is 1.43. The van der Waals surface area contributed by atoms with Gasteiger partial charge in [0.15, 0.2) is 0 Å². The molecule has 0 aromatic heterocycles. The van der Waals surface area contributed by atoms with Gasteiger partial charge in [-0.1, -0.05) is 11.6 Å². The van der Waals surface area contributed by atoms with Crippen molar-refractivity contribution in [1.82, 2.24) is 0 Å². The molecule has 0 radical (unpaired) electrons. The molecule has 0 amide bonds. The molecule has 1 aromatic carbocycles.